The van der Waals surface area contributed by atoms with Gasteiger partial charge in [0.2, 0.25) is 0 Å². The minimum absolute atomic E-state index is 0.820. The van der Waals surface area contributed by atoms with Gasteiger partial charge in [-0.2, -0.15) is 0 Å². The summed E-state index contributed by atoms with van der Waals surface area (Å²) in [6, 6.07) is 8.25. The molecule has 2 aromatic heterocycles. The standard InChI is InChI=1S/C17H21N3O/c1-2-5-18-17(3-1)12-20-10-15-8-19(9-16(15)11-20)7-14-4-6-21-13-14/h1-6,13,15-16H,7-12H2/t15-,16-/m0/s1. The zero-order valence-corrected chi connectivity index (χ0v) is 12.2. The number of hydrogen-bond acceptors (Lipinski definition) is 4. The average molecular weight is 283 g/mol. The topological polar surface area (TPSA) is 32.5 Å². The number of nitrogens with zero attached hydrogens (tertiary/aromatic N) is 3. The van der Waals surface area contributed by atoms with Gasteiger partial charge in [0.1, 0.15) is 0 Å². The van der Waals surface area contributed by atoms with Crippen LogP contribution in [0, 0.1) is 11.8 Å². The SMILES string of the molecule is c1ccc(CN2C[C@@H]3CN(Cc4ccoc4)C[C@H]3C2)nc1. The predicted molar refractivity (Wildman–Crippen MR) is 80.5 cm³/mol. The second-order valence-electron chi connectivity index (χ2n) is 6.36. The molecule has 4 nitrogen and oxygen atoms in total. The van der Waals surface area contributed by atoms with E-state index >= 15 is 0 Å². The summed E-state index contributed by atoms with van der Waals surface area (Å²) in [6.07, 6.45) is 5.52. The monoisotopic (exact) mass is 283 g/mol. The normalized spacial score (nSPS) is 26.3. The fraction of sp³-hybridized carbons (Fsp3) is 0.471. The van der Waals surface area contributed by atoms with Gasteiger partial charge >= 0.3 is 0 Å². The molecular formula is C17H21N3O. The van der Waals surface area contributed by atoms with Gasteiger partial charge in [-0.3, -0.25) is 14.8 Å². The molecule has 4 heterocycles. The van der Waals surface area contributed by atoms with E-state index in [1.54, 1.807) is 6.26 Å². The van der Waals surface area contributed by atoms with Crippen LogP contribution in [0.2, 0.25) is 0 Å². The maximum atomic E-state index is 5.16. The Labute approximate surface area is 125 Å². The number of fused-ring (bicyclic) bond motifs is 1. The van der Waals surface area contributed by atoms with E-state index in [4.69, 9.17) is 4.42 Å². The largest absolute Gasteiger partial charge is 0.472 e. The Bertz CT molecular complexity index is 555. The van der Waals surface area contributed by atoms with Gasteiger partial charge in [0.15, 0.2) is 0 Å². The third kappa shape index (κ3) is 2.87. The summed E-state index contributed by atoms with van der Waals surface area (Å²) in [5.74, 6) is 1.64. The zero-order valence-electron chi connectivity index (χ0n) is 12.2. The molecule has 2 saturated heterocycles. The Morgan fingerprint density at radius 2 is 1.76 bits per heavy atom. The molecule has 2 fully saturated rings. The fourth-order valence-electron chi connectivity index (χ4n) is 3.81. The van der Waals surface area contributed by atoms with Crippen molar-refractivity contribution < 1.29 is 4.42 Å². The van der Waals surface area contributed by atoms with Gasteiger partial charge in [0.25, 0.3) is 0 Å². The molecule has 0 bridgehead atoms. The third-order valence-corrected chi connectivity index (χ3v) is 4.74. The minimum Gasteiger partial charge on any atom is -0.472 e. The van der Waals surface area contributed by atoms with Crippen molar-refractivity contribution in [1.82, 2.24) is 14.8 Å². The third-order valence-electron chi connectivity index (χ3n) is 4.74. The van der Waals surface area contributed by atoms with Crippen molar-refractivity contribution in [2.45, 2.75) is 13.1 Å². The lowest BCUT2D eigenvalue weighted by atomic mass is 10.0. The molecule has 0 radical (unpaired) electrons. The van der Waals surface area contributed by atoms with Crippen LogP contribution < -0.4 is 0 Å². The Hall–Kier alpha value is -1.65. The Morgan fingerprint density at radius 1 is 1.00 bits per heavy atom. The van der Waals surface area contributed by atoms with E-state index in [1.165, 1.54) is 37.4 Å². The highest BCUT2D eigenvalue weighted by Gasteiger charge is 2.39. The summed E-state index contributed by atoms with van der Waals surface area (Å²) in [5, 5.41) is 0. The molecule has 2 atom stereocenters. The molecule has 0 unspecified atom stereocenters. The van der Waals surface area contributed by atoms with Crippen molar-refractivity contribution in [2.75, 3.05) is 26.2 Å². The zero-order chi connectivity index (χ0) is 14.1. The van der Waals surface area contributed by atoms with Crippen molar-refractivity contribution in [3.8, 4) is 0 Å². The highest BCUT2D eigenvalue weighted by molar-refractivity contribution is 5.07. The number of furan rings is 1. The number of aromatic nitrogens is 1. The summed E-state index contributed by atoms with van der Waals surface area (Å²) in [4.78, 5) is 9.57. The van der Waals surface area contributed by atoms with Crippen LogP contribution in [0.5, 0.6) is 0 Å². The van der Waals surface area contributed by atoms with Gasteiger partial charge < -0.3 is 4.42 Å². The van der Waals surface area contributed by atoms with Crippen molar-refractivity contribution >= 4 is 0 Å². The lowest BCUT2D eigenvalue weighted by molar-refractivity contribution is 0.244. The molecule has 2 aliphatic heterocycles. The first-order chi connectivity index (χ1) is 10.4. The number of rotatable bonds is 4. The lowest BCUT2D eigenvalue weighted by Gasteiger charge is -2.20. The highest BCUT2D eigenvalue weighted by Crippen LogP contribution is 2.32. The molecule has 0 saturated carbocycles. The Kier molecular flexibility index (Phi) is 3.49. The van der Waals surface area contributed by atoms with Crippen LogP contribution in [0.1, 0.15) is 11.3 Å². The first kappa shape index (κ1) is 13.0. The predicted octanol–water partition coefficient (Wildman–Crippen LogP) is 2.24. The van der Waals surface area contributed by atoms with Gasteiger partial charge in [0.05, 0.1) is 18.2 Å². The molecule has 0 amide bonds. The molecule has 0 aliphatic carbocycles. The van der Waals surface area contributed by atoms with Crippen LogP contribution in [-0.2, 0) is 13.1 Å². The van der Waals surface area contributed by atoms with E-state index in [9.17, 15) is 0 Å². The summed E-state index contributed by atoms with van der Waals surface area (Å²) in [7, 11) is 0. The van der Waals surface area contributed by atoms with Crippen molar-refractivity contribution in [3.63, 3.8) is 0 Å². The second-order valence-corrected chi connectivity index (χ2v) is 6.36. The number of likely N-dealkylation sites (tertiary alicyclic amines) is 2. The van der Waals surface area contributed by atoms with Crippen molar-refractivity contribution in [3.05, 3.63) is 54.2 Å². The van der Waals surface area contributed by atoms with Gasteiger partial charge in [-0.05, 0) is 30.0 Å². The van der Waals surface area contributed by atoms with E-state index in [0.29, 0.717) is 0 Å². The van der Waals surface area contributed by atoms with Crippen LogP contribution >= 0.6 is 0 Å². The summed E-state index contributed by atoms with van der Waals surface area (Å²) in [5.41, 5.74) is 2.48. The molecule has 2 aliphatic rings. The maximum Gasteiger partial charge on any atom is 0.0947 e. The molecule has 110 valence electrons. The van der Waals surface area contributed by atoms with Crippen LogP contribution in [0.4, 0.5) is 0 Å². The average Bonchev–Trinajstić information content (AvgIpc) is 3.17. The molecule has 2 aromatic rings. The van der Waals surface area contributed by atoms with Gasteiger partial charge in [0, 0.05) is 51.0 Å². The first-order valence-corrected chi connectivity index (χ1v) is 7.72. The summed E-state index contributed by atoms with van der Waals surface area (Å²) < 4.78 is 5.16. The minimum atomic E-state index is 0.820. The maximum absolute atomic E-state index is 5.16. The Morgan fingerprint density at radius 3 is 2.38 bits per heavy atom. The van der Waals surface area contributed by atoms with Crippen LogP contribution in [-0.4, -0.2) is 41.0 Å². The van der Waals surface area contributed by atoms with Gasteiger partial charge in [-0.15, -0.1) is 0 Å². The summed E-state index contributed by atoms with van der Waals surface area (Å²) >= 11 is 0. The molecule has 4 rings (SSSR count). The number of pyridine rings is 1. The van der Waals surface area contributed by atoms with Crippen molar-refractivity contribution in [1.29, 1.82) is 0 Å². The van der Waals surface area contributed by atoms with Gasteiger partial charge in [-0.1, -0.05) is 6.07 Å². The molecule has 4 heteroatoms. The number of hydrogen-bond donors (Lipinski definition) is 0. The van der Waals surface area contributed by atoms with E-state index in [0.717, 1.165) is 24.9 Å². The van der Waals surface area contributed by atoms with E-state index < -0.39 is 0 Å². The van der Waals surface area contributed by atoms with Crippen LogP contribution in [0.15, 0.2) is 47.4 Å². The van der Waals surface area contributed by atoms with Crippen molar-refractivity contribution in [2.24, 2.45) is 11.8 Å². The fourth-order valence-corrected chi connectivity index (χ4v) is 3.81. The molecule has 21 heavy (non-hydrogen) atoms. The van der Waals surface area contributed by atoms with E-state index in [1.807, 2.05) is 18.5 Å². The van der Waals surface area contributed by atoms with Crippen LogP contribution in [0.3, 0.4) is 0 Å². The summed E-state index contributed by atoms with van der Waals surface area (Å²) in [6.45, 7) is 6.88. The molecule has 0 N–H and O–H groups in total. The molecule has 0 aromatic carbocycles. The smallest absolute Gasteiger partial charge is 0.0947 e. The Balaban J connectivity index is 1.31. The molecule has 0 spiro atoms. The first-order valence-electron chi connectivity index (χ1n) is 7.72. The van der Waals surface area contributed by atoms with E-state index in [2.05, 4.69) is 33.0 Å². The quantitative estimate of drug-likeness (QED) is 0.861. The van der Waals surface area contributed by atoms with E-state index in [-0.39, 0.29) is 0 Å². The van der Waals surface area contributed by atoms with Gasteiger partial charge in [-0.25, -0.2) is 0 Å². The molecular weight excluding hydrogens is 262 g/mol. The lowest BCUT2D eigenvalue weighted by Crippen LogP contribution is -2.28. The second kappa shape index (κ2) is 5.62. The highest BCUT2D eigenvalue weighted by atomic mass is 16.3. The van der Waals surface area contributed by atoms with Crippen LogP contribution in [0.25, 0.3) is 0 Å².